The molecule has 126 valence electrons. The molecule has 24 heavy (non-hydrogen) atoms. The van der Waals surface area contributed by atoms with Crippen molar-refractivity contribution in [3.63, 3.8) is 0 Å². The van der Waals surface area contributed by atoms with Crippen LogP contribution in [-0.4, -0.2) is 39.4 Å². The Bertz CT molecular complexity index is 823. The highest BCUT2D eigenvalue weighted by Crippen LogP contribution is 2.33. The lowest BCUT2D eigenvalue weighted by molar-refractivity contribution is -0.137. The van der Waals surface area contributed by atoms with Crippen LogP contribution in [0, 0.1) is 12.8 Å². The molecule has 3 N–H and O–H groups in total. The number of aliphatic carboxylic acids is 1. The summed E-state index contributed by atoms with van der Waals surface area (Å²) in [5.74, 6) is 0.772. The fraction of sp³-hybridized carbons (Fsp3) is 0.444. The number of hydrogen-bond donors (Lipinski definition) is 3. The first kappa shape index (κ1) is 15.6. The number of hydrogen-bond acceptors (Lipinski definition) is 4. The van der Waals surface area contributed by atoms with Gasteiger partial charge in [0.1, 0.15) is 5.04 Å². The molecule has 2 heterocycles. The lowest BCUT2D eigenvalue weighted by Gasteiger charge is -2.08. The number of carboxylic acids is 1. The largest absolute Gasteiger partial charge is 0.481 e. The van der Waals surface area contributed by atoms with Crippen molar-refractivity contribution in [3.8, 4) is 0 Å². The number of nitrogens with one attached hydrogen (secondary N) is 2. The summed E-state index contributed by atoms with van der Waals surface area (Å²) in [5.41, 5.74) is 4.48. The molecule has 0 spiro atoms. The average Bonchev–Trinajstić information content (AvgIpc) is 3.07. The van der Waals surface area contributed by atoms with Gasteiger partial charge in [0.15, 0.2) is 0 Å². The molecular formula is C18H21N3O2S. The summed E-state index contributed by atoms with van der Waals surface area (Å²) in [7, 11) is 0. The highest BCUT2D eigenvalue weighted by Gasteiger charge is 2.24. The van der Waals surface area contributed by atoms with Crippen molar-refractivity contribution in [2.24, 2.45) is 10.9 Å². The van der Waals surface area contributed by atoms with Crippen molar-refractivity contribution in [2.75, 3.05) is 17.6 Å². The normalized spacial score (nSPS) is 20.4. The molecule has 4 rings (SSSR count). The molecule has 1 aromatic carbocycles. The quantitative estimate of drug-likeness (QED) is 0.748. The third-order valence-electron chi connectivity index (χ3n) is 4.50. The molecule has 1 aliphatic carbocycles. The Balaban J connectivity index is 1.62. The molecule has 2 aliphatic rings. The number of aromatic amines is 1. The van der Waals surface area contributed by atoms with Crippen LogP contribution in [0.5, 0.6) is 0 Å². The van der Waals surface area contributed by atoms with E-state index in [9.17, 15) is 4.79 Å². The molecule has 0 saturated heterocycles. The number of thioether (sulfide) groups is 1. The summed E-state index contributed by atoms with van der Waals surface area (Å²) in [6.07, 6.45) is 2.76. The molecule has 0 radical (unpaired) electrons. The Morgan fingerprint density at radius 1 is 1.42 bits per heavy atom. The summed E-state index contributed by atoms with van der Waals surface area (Å²) in [5, 5.41) is 14.6. The zero-order chi connectivity index (χ0) is 16.7. The number of anilines is 1. The maximum atomic E-state index is 10.9. The summed E-state index contributed by atoms with van der Waals surface area (Å²) in [6.45, 7) is 3.14. The van der Waals surface area contributed by atoms with Gasteiger partial charge in [0.2, 0.25) is 0 Å². The van der Waals surface area contributed by atoms with Gasteiger partial charge >= 0.3 is 5.97 Å². The number of carbonyl (C=O) groups is 1. The van der Waals surface area contributed by atoms with E-state index in [0.717, 1.165) is 40.2 Å². The number of aryl methyl sites for hydroxylation is 1. The number of aliphatic imine (C=N–C) groups is 1. The third kappa shape index (κ3) is 3.29. The fourth-order valence-corrected chi connectivity index (χ4v) is 4.13. The summed E-state index contributed by atoms with van der Waals surface area (Å²) in [4.78, 5) is 18.9. The van der Waals surface area contributed by atoms with E-state index in [-0.39, 0.29) is 12.5 Å². The first-order chi connectivity index (χ1) is 11.6. The van der Waals surface area contributed by atoms with E-state index in [1.54, 1.807) is 11.8 Å². The van der Waals surface area contributed by atoms with Crippen LogP contribution < -0.4 is 5.32 Å². The fourth-order valence-electron chi connectivity index (χ4n) is 3.09. The zero-order valence-electron chi connectivity index (χ0n) is 13.6. The molecule has 1 saturated carbocycles. The van der Waals surface area contributed by atoms with Crippen molar-refractivity contribution < 1.29 is 9.90 Å². The van der Waals surface area contributed by atoms with Crippen molar-refractivity contribution >= 4 is 39.4 Å². The predicted molar refractivity (Wildman–Crippen MR) is 99.3 cm³/mol. The highest BCUT2D eigenvalue weighted by atomic mass is 32.2. The molecule has 6 heteroatoms. The van der Waals surface area contributed by atoms with Crippen molar-refractivity contribution in [2.45, 2.75) is 32.2 Å². The van der Waals surface area contributed by atoms with Gasteiger partial charge in [0, 0.05) is 17.7 Å². The first-order valence-corrected chi connectivity index (χ1v) is 9.37. The first-order valence-electron chi connectivity index (χ1n) is 8.38. The Labute approximate surface area is 144 Å². The Morgan fingerprint density at radius 3 is 3.00 bits per heavy atom. The van der Waals surface area contributed by atoms with Crippen LogP contribution in [0.15, 0.2) is 23.2 Å². The highest BCUT2D eigenvalue weighted by molar-refractivity contribution is 8.14. The SMILES string of the molecule is Cc1cc(NCC2CC2)c2[nH]c(C3=N[C@@H](CC(=O)O)CS3)cc2c1. The van der Waals surface area contributed by atoms with Crippen LogP contribution in [0.25, 0.3) is 10.9 Å². The van der Waals surface area contributed by atoms with E-state index < -0.39 is 5.97 Å². The number of benzene rings is 1. The predicted octanol–water partition coefficient (Wildman–Crippen LogP) is 3.63. The molecule has 5 nitrogen and oxygen atoms in total. The van der Waals surface area contributed by atoms with Crippen LogP contribution in [0.2, 0.25) is 0 Å². The smallest absolute Gasteiger partial charge is 0.305 e. The molecular weight excluding hydrogens is 322 g/mol. The number of H-pyrrole nitrogens is 1. The van der Waals surface area contributed by atoms with Gasteiger partial charge in [-0.3, -0.25) is 9.79 Å². The Hall–Kier alpha value is -1.95. The maximum absolute atomic E-state index is 10.9. The van der Waals surface area contributed by atoms with Crippen LogP contribution >= 0.6 is 11.8 Å². The Kier molecular flexibility index (Phi) is 4.00. The topological polar surface area (TPSA) is 77.5 Å². The van der Waals surface area contributed by atoms with Crippen LogP contribution in [0.3, 0.4) is 0 Å². The van der Waals surface area contributed by atoms with Crippen molar-refractivity contribution in [1.29, 1.82) is 0 Å². The maximum Gasteiger partial charge on any atom is 0.305 e. The number of fused-ring (bicyclic) bond motifs is 1. The minimum absolute atomic E-state index is 0.101. The lowest BCUT2D eigenvalue weighted by atomic mass is 10.1. The summed E-state index contributed by atoms with van der Waals surface area (Å²) < 4.78 is 0. The molecule has 1 fully saturated rings. The number of aromatic nitrogens is 1. The second-order valence-electron chi connectivity index (χ2n) is 6.78. The monoisotopic (exact) mass is 343 g/mol. The third-order valence-corrected chi connectivity index (χ3v) is 5.65. The number of nitrogens with zero attached hydrogens (tertiary/aromatic N) is 1. The minimum atomic E-state index is -0.788. The zero-order valence-corrected chi connectivity index (χ0v) is 14.4. The molecule has 0 amide bonds. The van der Waals surface area contributed by atoms with E-state index in [1.165, 1.54) is 23.8 Å². The molecule has 0 bridgehead atoms. The van der Waals surface area contributed by atoms with E-state index in [0.29, 0.717) is 0 Å². The van der Waals surface area contributed by atoms with Gasteiger partial charge in [0.25, 0.3) is 0 Å². The van der Waals surface area contributed by atoms with Crippen molar-refractivity contribution in [1.82, 2.24) is 4.98 Å². The van der Waals surface area contributed by atoms with Gasteiger partial charge in [-0.2, -0.15) is 0 Å². The Morgan fingerprint density at radius 2 is 2.25 bits per heavy atom. The van der Waals surface area contributed by atoms with E-state index in [4.69, 9.17) is 5.11 Å². The second-order valence-corrected chi connectivity index (χ2v) is 7.79. The van der Waals surface area contributed by atoms with Gasteiger partial charge in [-0.15, -0.1) is 11.8 Å². The lowest BCUT2D eigenvalue weighted by Crippen LogP contribution is -2.10. The molecule has 1 atom stereocenters. The van der Waals surface area contributed by atoms with E-state index in [2.05, 4.69) is 40.4 Å². The van der Waals surface area contributed by atoms with E-state index in [1.807, 2.05) is 0 Å². The average molecular weight is 343 g/mol. The van der Waals surface area contributed by atoms with Crippen LogP contribution in [-0.2, 0) is 4.79 Å². The van der Waals surface area contributed by atoms with Gasteiger partial charge < -0.3 is 15.4 Å². The van der Waals surface area contributed by atoms with Gasteiger partial charge in [0.05, 0.1) is 29.4 Å². The number of carboxylic acid groups (broad SMARTS) is 1. The van der Waals surface area contributed by atoms with Gasteiger partial charge in [-0.1, -0.05) is 0 Å². The van der Waals surface area contributed by atoms with Gasteiger partial charge in [-0.05, 0) is 49.4 Å². The second kappa shape index (κ2) is 6.16. The molecule has 1 aromatic heterocycles. The standard InChI is InChI=1S/C18H21N3O2S/c1-10-4-12-6-15(18-20-13(9-24-18)7-16(22)23)21-17(12)14(5-10)19-8-11-2-3-11/h4-6,11,13,19,21H,2-3,7-9H2,1H3,(H,22,23)/t13-/m0/s1. The van der Waals surface area contributed by atoms with Crippen LogP contribution in [0.1, 0.15) is 30.5 Å². The summed E-state index contributed by atoms with van der Waals surface area (Å²) >= 11 is 1.63. The molecule has 1 aliphatic heterocycles. The van der Waals surface area contributed by atoms with Crippen LogP contribution in [0.4, 0.5) is 5.69 Å². The van der Waals surface area contributed by atoms with E-state index >= 15 is 0 Å². The van der Waals surface area contributed by atoms with Crippen molar-refractivity contribution in [3.05, 3.63) is 29.5 Å². The number of rotatable bonds is 6. The summed E-state index contributed by atoms with van der Waals surface area (Å²) in [6, 6.07) is 6.36. The molecule has 0 unspecified atom stereocenters. The van der Waals surface area contributed by atoms with Gasteiger partial charge in [-0.25, -0.2) is 0 Å². The molecule has 2 aromatic rings. The minimum Gasteiger partial charge on any atom is -0.481 e.